The highest BCUT2D eigenvalue weighted by Gasteiger charge is 2.31. The van der Waals surface area contributed by atoms with Crippen molar-refractivity contribution in [2.75, 3.05) is 11.5 Å². The van der Waals surface area contributed by atoms with Crippen LogP contribution in [0.5, 0.6) is 0 Å². The third-order valence-corrected chi connectivity index (χ3v) is 3.12. The zero-order chi connectivity index (χ0) is 14.5. The fourth-order valence-corrected chi connectivity index (χ4v) is 2.22. The predicted molar refractivity (Wildman–Crippen MR) is 75.9 cm³/mol. The quantitative estimate of drug-likeness (QED) is 0.658. The van der Waals surface area contributed by atoms with Crippen LogP contribution in [0.3, 0.4) is 0 Å². The van der Waals surface area contributed by atoms with Crippen molar-refractivity contribution in [1.29, 1.82) is 0 Å². The first kappa shape index (κ1) is 14.3. The van der Waals surface area contributed by atoms with Gasteiger partial charge in [0, 0.05) is 24.8 Å². The molecule has 0 bridgehead atoms. The van der Waals surface area contributed by atoms with Crippen molar-refractivity contribution in [3.8, 4) is 11.8 Å². The van der Waals surface area contributed by atoms with Crippen molar-refractivity contribution in [3.05, 3.63) is 29.8 Å². The van der Waals surface area contributed by atoms with Gasteiger partial charge in [-0.3, -0.25) is 14.5 Å². The summed E-state index contributed by atoms with van der Waals surface area (Å²) in [6.07, 6.45) is 1.20. The molecule has 1 aromatic carbocycles. The van der Waals surface area contributed by atoms with Crippen molar-refractivity contribution in [3.63, 3.8) is 0 Å². The third-order valence-electron chi connectivity index (χ3n) is 3.12. The number of piperidine rings is 1. The van der Waals surface area contributed by atoms with Crippen molar-refractivity contribution in [2.24, 2.45) is 5.92 Å². The van der Waals surface area contributed by atoms with Gasteiger partial charge in [0.2, 0.25) is 11.8 Å². The number of carbonyl (C=O) groups is 2. The Balaban J connectivity index is 2.25. The molecule has 0 aromatic heterocycles. The molecule has 1 fully saturated rings. The lowest BCUT2D eigenvalue weighted by molar-refractivity contribution is -0.130. The van der Waals surface area contributed by atoms with Crippen LogP contribution in [0.1, 0.15) is 31.7 Å². The van der Waals surface area contributed by atoms with E-state index < -0.39 is 0 Å². The van der Waals surface area contributed by atoms with Crippen LogP contribution in [0.15, 0.2) is 24.3 Å². The van der Waals surface area contributed by atoms with Crippen LogP contribution < -0.4 is 4.90 Å². The Bertz CT molecular complexity index is 565. The standard InChI is InChI=1S/C16H17NO3/c1-12-9-15(19)17(16(20)10-12)14-7-4-6-13(11-14)5-2-3-8-18/h4,6-7,11-12,18H,3,8-10H2,1H3. The molecule has 1 aliphatic heterocycles. The zero-order valence-corrected chi connectivity index (χ0v) is 11.4. The predicted octanol–water partition coefficient (Wildman–Crippen LogP) is 1.71. The lowest BCUT2D eigenvalue weighted by Gasteiger charge is -2.28. The lowest BCUT2D eigenvalue weighted by atomic mass is 9.97. The number of anilines is 1. The summed E-state index contributed by atoms with van der Waals surface area (Å²) in [5.74, 6) is 5.52. The summed E-state index contributed by atoms with van der Waals surface area (Å²) in [6, 6.07) is 7.06. The van der Waals surface area contributed by atoms with Gasteiger partial charge in [0.05, 0.1) is 12.3 Å². The second kappa shape index (κ2) is 6.36. The topological polar surface area (TPSA) is 57.6 Å². The molecule has 2 amide bonds. The van der Waals surface area contributed by atoms with Crippen LogP contribution in [-0.2, 0) is 9.59 Å². The molecule has 1 saturated heterocycles. The number of amides is 2. The molecule has 0 aliphatic carbocycles. The maximum absolute atomic E-state index is 12.0. The highest BCUT2D eigenvalue weighted by molar-refractivity contribution is 6.16. The van der Waals surface area contributed by atoms with E-state index in [-0.39, 0.29) is 24.3 Å². The number of nitrogens with zero attached hydrogens (tertiary/aromatic N) is 1. The van der Waals surface area contributed by atoms with Gasteiger partial charge >= 0.3 is 0 Å². The van der Waals surface area contributed by atoms with E-state index in [0.717, 1.165) is 5.56 Å². The van der Waals surface area contributed by atoms with Crippen molar-refractivity contribution >= 4 is 17.5 Å². The minimum atomic E-state index is -0.158. The van der Waals surface area contributed by atoms with Crippen LogP contribution in [0.2, 0.25) is 0 Å². The fraction of sp³-hybridized carbons (Fsp3) is 0.375. The number of hydrogen-bond acceptors (Lipinski definition) is 3. The van der Waals surface area contributed by atoms with E-state index in [4.69, 9.17) is 5.11 Å². The normalized spacial score (nSPS) is 16.0. The van der Waals surface area contributed by atoms with E-state index in [1.165, 1.54) is 4.90 Å². The molecule has 0 radical (unpaired) electrons. The molecule has 1 aromatic rings. The van der Waals surface area contributed by atoms with Crippen LogP contribution in [0.4, 0.5) is 5.69 Å². The minimum absolute atomic E-state index is 0.0215. The van der Waals surface area contributed by atoms with E-state index in [9.17, 15) is 9.59 Å². The number of imide groups is 1. The van der Waals surface area contributed by atoms with E-state index in [1.807, 2.05) is 13.0 Å². The number of hydrogen-bond donors (Lipinski definition) is 1. The molecule has 0 spiro atoms. The summed E-state index contributed by atoms with van der Waals surface area (Å²) >= 11 is 0. The van der Waals surface area contributed by atoms with Crippen LogP contribution in [0, 0.1) is 17.8 Å². The van der Waals surface area contributed by atoms with Crippen LogP contribution >= 0.6 is 0 Å². The van der Waals surface area contributed by atoms with Crippen molar-refractivity contribution in [2.45, 2.75) is 26.2 Å². The van der Waals surface area contributed by atoms with Crippen molar-refractivity contribution < 1.29 is 14.7 Å². The largest absolute Gasteiger partial charge is 0.395 e. The Hall–Kier alpha value is -2.12. The SMILES string of the molecule is CC1CC(=O)N(c2cccc(C#CCCO)c2)C(=O)C1. The van der Waals surface area contributed by atoms with Gasteiger partial charge in [0.25, 0.3) is 0 Å². The molecule has 104 valence electrons. The molecule has 2 rings (SSSR count). The summed E-state index contributed by atoms with van der Waals surface area (Å²) < 4.78 is 0. The molecule has 0 atom stereocenters. The first-order chi connectivity index (χ1) is 9.61. The summed E-state index contributed by atoms with van der Waals surface area (Å²) in [5.41, 5.74) is 1.30. The lowest BCUT2D eigenvalue weighted by Crippen LogP contribution is -2.42. The summed E-state index contributed by atoms with van der Waals surface area (Å²) in [5, 5.41) is 8.70. The molecular weight excluding hydrogens is 254 g/mol. The second-order valence-corrected chi connectivity index (χ2v) is 4.96. The number of aliphatic hydroxyl groups is 1. The Morgan fingerprint density at radius 2 is 2.00 bits per heavy atom. The Morgan fingerprint density at radius 1 is 1.30 bits per heavy atom. The van der Waals surface area contributed by atoms with Gasteiger partial charge in [-0.25, -0.2) is 0 Å². The number of aliphatic hydroxyl groups excluding tert-OH is 1. The first-order valence-corrected chi connectivity index (χ1v) is 6.67. The second-order valence-electron chi connectivity index (χ2n) is 4.96. The van der Waals surface area contributed by atoms with Crippen LogP contribution in [0.25, 0.3) is 0 Å². The Labute approximate surface area is 118 Å². The summed E-state index contributed by atoms with van der Waals surface area (Å²) in [6.45, 7) is 1.93. The highest BCUT2D eigenvalue weighted by Crippen LogP contribution is 2.25. The molecule has 4 nitrogen and oxygen atoms in total. The average Bonchev–Trinajstić information content (AvgIpc) is 2.38. The molecular formula is C16H17NO3. The molecule has 1 N–H and O–H groups in total. The number of benzene rings is 1. The van der Waals surface area contributed by atoms with Gasteiger partial charge in [-0.2, -0.15) is 0 Å². The van der Waals surface area contributed by atoms with Gasteiger partial charge in [-0.1, -0.05) is 24.8 Å². The van der Waals surface area contributed by atoms with E-state index in [2.05, 4.69) is 11.8 Å². The van der Waals surface area contributed by atoms with Gasteiger partial charge in [0.15, 0.2) is 0 Å². The monoisotopic (exact) mass is 271 g/mol. The third kappa shape index (κ3) is 3.25. The van der Waals surface area contributed by atoms with E-state index >= 15 is 0 Å². The fourth-order valence-electron chi connectivity index (χ4n) is 2.22. The Morgan fingerprint density at radius 3 is 2.65 bits per heavy atom. The van der Waals surface area contributed by atoms with Gasteiger partial charge < -0.3 is 5.11 Å². The van der Waals surface area contributed by atoms with Crippen molar-refractivity contribution in [1.82, 2.24) is 0 Å². The summed E-state index contributed by atoms with van der Waals surface area (Å²) in [4.78, 5) is 25.3. The first-order valence-electron chi connectivity index (χ1n) is 6.67. The number of rotatable bonds is 2. The Kier molecular flexibility index (Phi) is 4.54. The molecule has 0 saturated carbocycles. The van der Waals surface area contributed by atoms with Gasteiger partial charge in [-0.15, -0.1) is 0 Å². The molecule has 0 unspecified atom stereocenters. The van der Waals surface area contributed by atoms with Gasteiger partial charge in [-0.05, 0) is 24.1 Å². The van der Waals surface area contributed by atoms with Gasteiger partial charge in [0.1, 0.15) is 0 Å². The average molecular weight is 271 g/mol. The highest BCUT2D eigenvalue weighted by atomic mass is 16.2. The van der Waals surface area contributed by atoms with E-state index in [0.29, 0.717) is 24.9 Å². The smallest absolute Gasteiger partial charge is 0.234 e. The van der Waals surface area contributed by atoms with Crippen LogP contribution in [-0.4, -0.2) is 23.5 Å². The minimum Gasteiger partial charge on any atom is -0.395 e. The molecule has 1 heterocycles. The molecule has 20 heavy (non-hydrogen) atoms. The van der Waals surface area contributed by atoms with E-state index in [1.54, 1.807) is 18.2 Å². The maximum atomic E-state index is 12.0. The summed E-state index contributed by atoms with van der Waals surface area (Å²) in [7, 11) is 0. The number of carbonyl (C=O) groups excluding carboxylic acids is 2. The molecule has 1 aliphatic rings. The zero-order valence-electron chi connectivity index (χ0n) is 11.4. The molecule has 4 heteroatoms. The maximum Gasteiger partial charge on any atom is 0.234 e.